The molecule has 0 spiro atoms. The largest absolute Gasteiger partial charge is 0.480 e. The molecule has 1 aliphatic heterocycles. The summed E-state index contributed by atoms with van der Waals surface area (Å²) >= 11 is 2.07. The fourth-order valence-corrected chi connectivity index (χ4v) is 5.64. The minimum Gasteiger partial charge on any atom is -0.480 e. The summed E-state index contributed by atoms with van der Waals surface area (Å²) in [6, 6.07) is 20.4. The number of likely N-dealkylation sites (tertiary alicyclic amines) is 1. The van der Waals surface area contributed by atoms with Crippen LogP contribution < -0.4 is 5.32 Å². The van der Waals surface area contributed by atoms with E-state index in [1.54, 1.807) is 18.2 Å². The van der Waals surface area contributed by atoms with Gasteiger partial charge in [-0.1, -0.05) is 48.5 Å². The second-order valence-corrected chi connectivity index (χ2v) is 9.92. The molecule has 0 bridgehead atoms. The summed E-state index contributed by atoms with van der Waals surface area (Å²) in [6.45, 7) is 0.583. The maximum atomic E-state index is 13.0. The van der Waals surface area contributed by atoms with Crippen molar-refractivity contribution in [1.82, 2.24) is 4.90 Å². The SMILES string of the molecule is O=C(Nc1cc(I)cc(C(=O)N2CCCC2C(=O)O)c1)OCC1c2ccccc2-c2ccccc21. The number of fused-ring (bicyclic) bond motifs is 3. The van der Waals surface area contributed by atoms with Crippen LogP contribution in [0, 0.1) is 3.57 Å². The molecule has 1 unspecified atom stereocenters. The number of carbonyl (C=O) groups excluding carboxylic acids is 2. The number of aliphatic carboxylic acids is 1. The number of hydrogen-bond acceptors (Lipinski definition) is 4. The maximum Gasteiger partial charge on any atom is 0.411 e. The van der Waals surface area contributed by atoms with Gasteiger partial charge in [0.15, 0.2) is 0 Å². The Morgan fingerprint density at radius 2 is 1.66 bits per heavy atom. The molecule has 0 radical (unpaired) electrons. The van der Waals surface area contributed by atoms with Crippen LogP contribution in [0.15, 0.2) is 66.7 Å². The van der Waals surface area contributed by atoms with E-state index < -0.39 is 18.1 Å². The van der Waals surface area contributed by atoms with Gasteiger partial charge in [-0.2, -0.15) is 0 Å². The Bertz CT molecular complexity index is 1280. The number of benzene rings is 3. The quantitative estimate of drug-likeness (QED) is 0.396. The number of carboxylic acid groups (broad SMARTS) is 1. The molecule has 2 amide bonds. The fraction of sp³-hybridized carbons (Fsp3) is 0.222. The van der Waals surface area contributed by atoms with Crippen molar-refractivity contribution >= 4 is 46.2 Å². The lowest BCUT2D eigenvalue weighted by atomic mass is 9.98. The molecule has 1 aliphatic carbocycles. The summed E-state index contributed by atoms with van der Waals surface area (Å²) < 4.78 is 6.35. The number of halogens is 1. The number of ether oxygens (including phenoxy) is 1. The summed E-state index contributed by atoms with van der Waals surface area (Å²) in [5, 5.41) is 12.1. The molecule has 0 aromatic heterocycles. The second kappa shape index (κ2) is 9.69. The Hall–Kier alpha value is -3.40. The predicted molar refractivity (Wildman–Crippen MR) is 140 cm³/mol. The number of amides is 2. The third-order valence-corrected chi connectivity index (χ3v) is 7.16. The number of nitrogens with zero attached hydrogens (tertiary/aromatic N) is 1. The van der Waals surface area contributed by atoms with Crippen molar-refractivity contribution in [3.05, 3.63) is 87.0 Å². The van der Waals surface area contributed by atoms with Crippen LogP contribution >= 0.6 is 22.6 Å². The van der Waals surface area contributed by atoms with Crippen molar-refractivity contribution in [2.75, 3.05) is 18.5 Å². The number of rotatable bonds is 5. The summed E-state index contributed by atoms with van der Waals surface area (Å²) in [7, 11) is 0. The molecule has 2 aliphatic rings. The van der Waals surface area contributed by atoms with Gasteiger partial charge in [0.2, 0.25) is 0 Å². The summed E-state index contributed by atoms with van der Waals surface area (Å²) in [4.78, 5) is 38.5. The summed E-state index contributed by atoms with van der Waals surface area (Å²) in [5.41, 5.74) is 5.31. The molecule has 3 aromatic rings. The molecule has 1 fully saturated rings. The van der Waals surface area contributed by atoms with Crippen molar-refractivity contribution < 1.29 is 24.2 Å². The molecule has 7 nitrogen and oxygen atoms in total. The average molecular weight is 582 g/mol. The van der Waals surface area contributed by atoms with Gasteiger partial charge in [0, 0.05) is 27.3 Å². The highest BCUT2D eigenvalue weighted by molar-refractivity contribution is 14.1. The van der Waals surface area contributed by atoms with E-state index in [2.05, 4.69) is 52.2 Å². The first-order valence-electron chi connectivity index (χ1n) is 11.4. The van der Waals surface area contributed by atoms with Crippen LogP contribution in [0.5, 0.6) is 0 Å². The number of hydrogen-bond donors (Lipinski definition) is 2. The zero-order chi connectivity index (χ0) is 24.5. The summed E-state index contributed by atoms with van der Waals surface area (Å²) in [5.74, 6) is -1.41. The Morgan fingerprint density at radius 1 is 1.00 bits per heavy atom. The van der Waals surface area contributed by atoms with E-state index in [1.165, 1.54) is 4.90 Å². The molecule has 35 heavy (non-hydrogen) atoms. The topological polar surface area (TPSA) is 95.9 Å². The lowest BCUT2D eigenvalue weighted by molar-refractivity contribution is -0.141. The first-order chi connectivity index (χ1) is 16.9. The number of carbonyl (C=O) groups is 3. The second-order valence-electron chi connectivity index (χ2n) is 8.67. The third kappa shape index (κ3) is 4.62. The Labute approximate surface area is 216 Å². The van der Waals surface area contributed by atoms with Gasteiger partial charge in [-0.05, 0) is 75.9 Å². The van der Waals surface area contributed by atoms with E-state index >= 15 is 0 Å². The van der Waals surface area contributed by atoms with E-state index in [9.17, 15) is 19.5 Å². The molecule has 5 rings (SSSR count). The zero-order valence-corrected chi connectivity index (χ0v) is 20.9. The number of anilines is 1. The lowest BCUT2D eigenvalue weighted by Gasteiger charge is -2.22. The van der Waals surface area contributed by atoms with Crippen LogP contribution in [0.4, 0.5) is 10.5 Å². The van der Waals surface area contributed by atoms with E-state index in [1.807, 2.05) is 24.3 Å². The van der Waals surface area contributed by atoms with Gasteiger partial charge in [0.1, 0.15) is 12.6 Å². The number of carboxylic acids is 1. The van der Waals surface area contributed by atoms with Crippen molar-refractivity contribution in [3.63, 3.8) is 0 Å². The molecule has 1 saturated heterocycles. The summed E-state index contributed by atoms with van der Waals surface area (Å²) in [6.07, 6.45) is 0.477. The first kappa shape index (κ1) is 23.3. The van der Waals surface area contributed by atoms with E-state index in [0.29, 0.717) is 30.6 Å². The fourth-order valence-electron chi connectivity index (χ4n) is 4.97. The average Bonchev–Trinajstić information content (AvgIpc) is 3.45. The smallest absolute Gasteiger partial charge is 0.411 e. The molecule has 8 heteroatoms. The highest BCUT2D eigenvalue weighted by Gasteiger charge is 2.34. The van der Waals surface area contributed by atoms with Gasteiger partial charge in [-0.25, -0.2) is 9.59 Å². The van der Waals surface area contributed by atoms with Crippen LogP contribution in [0.2, 0.25) is 0 Å². The first-order valence-corrected chi connectivity index (χ1v) is 12.5. The molecule has 3 aromatic carbocycles. The Balaban J connectivity index is 1.28. The van der Waals surface area contributed by atoms with Crippen molar-refractivity contribution in [2.45, 2.75) is 24.8 Å². The molecule has 2 N–H and O–H groups in total. The van der Waals surface area contributed by atoms with E-state index in [0.717, 1.165) is 25.8 Å². The maximum absolute atomic E-state index is 13.0. The predicted octanol–water partition coefficient (Wildman–Crippen LogP) is 5.34. The molecule has 0 saturated carbocycles. The van der Waals surface area contributed by atoms with Gasteiger partial charge in [0.05, 0.1) is 0 Å². The van der Waals surface area contributed by atoms with E-state index in [4.69, 9.17) is 4.74 Å². The third-order valence-electron chi connectivity index (χ3n) is 6.53. The number of nitrogens with one attached hydrogen (secondary N) is 1. The van der Waals surface area contributed by atoms with Crippen molar-refractivity contribution in [1.29, 1.82) is 0 Å². The van der Waals surface area contributed by atoms with Crippen LogP contribution in [0.3, 0.4) is 0 Å². The molecular weight excluding hydrogens is 559 g/mol. The Morgan fingerprint density at radius 3 is 2.31 bits per heavy atom. The van der Waals surface area contributed by atoms with Gasteiger partial charge in [0.25, 0.3) is 5.91 Å². The van der Waals surface area contributed by atoms with E-state index in [-0.39, 0.29) is 18.4 Å². The molecule has 1 heterocycles. The zero-order valence-electron chi connectivity index (χ0n) is 18.7. The monoisotopic (exact) mass is 582 g/mol. The Kier molecular flexibility index (Phi) is 6.46. The van der Waals surface area contributed by atoms with Gasteiger partial charge in [-0.3, -0.25) is 10.1 Å². The minimum atomic E-state index is -1.00. The van der Waals surface area contributed by atoms with Crippen LogP contribution in [0.25, 0.3) is 11.1 Å². The molecule has 178 valence electrons. The highest BCUT2D eigenvalue weighted by atomic mass is 127. The lowest BCUT2D eigenvalue weighted by Crippen LogP contribution is -2.40. The van der Waals surface area contributed by atoms with Crippen LogP contribution in [-0.4, -0.2) is 47.2 Å². The van der Waals surface area contributed by atoms with Gasteiger partial charge >= 0.3 is 12.1 Å². The minimum absolute atomic E-state index is 0.0516. The van der Waals surface area contributed by atoms with Gasteiger partial charge < -0.3 is 14.7 Å². The van der Waals surface area contributed by atoms with Gasteiger partial charge in [-0.15, -0.1) is 0 Å². The highest BCUT2D eigenvalue weighted by Crippen LogP contribution is 2.44. The van der Waals surface area contributed by atoms with Crippen molar-refractivity contribution in [3.8, 4) is 11.1 Å². The van der Waals surface area contributed by atoms with Crippen LogP contribution in [-0.2, 0) is 9.53 Å². The van der Waals surface area contributed by atoms with Crippen LogP contribution in [0.1, 0.15) is 40.2 Å². The van der Waals surface area contributed by atoms with Crippen molar-refractivity contribution in [2.24, 2.45) is 0 Å². The molecule has 1 atom stereocenters. The standard InChI is InChI=1S/C27H23IN2O5/c28-17-12-16(25(31)30-11-5-10-24(30)26(32)33)13-18(14-17)29-27(34)35-15-23-21-8-3-1-6-19(21)20-7-2-4-9-22(20)23/h1-4,6-9,12-14,23-24H,5,10-11,15H2,(H,29,34)(H,32,33). The normalized spacial score (nSPS) is 16.5. The molecular formula is C27H23IN2O5.